The van der Waals surface area contributed by atoms with Crippen LogP contribution >= 0.6 is 15.9 Å². The fraction of sp³-hybridized carbons (Fsp3) is 0.0769. The van der Waals surface area contributed by atoms with Gasteiger partial charge in [-0.25, -0.2) is 9.78 Å². The topological polar surface area (TPSA) is 68.7 Å². The van der Waals surface area contributed by atoms with Gasteiger partial charge in [0, 0.05) is 10.7 Å². The van der Waals surface area contributed by atoms with Crippen LogP contribution in [0, 0.1) is 0 Å². The summed E-state index contributed by atoms with van der Waals surface area (Å²) in [5.41, 5.74) is 0.0436. The number of rotatable bonds is 4. The van der Waals surface area contributed by atoms with Gasteiger partial charge in [0.2, 0.25) is 0 Å². The van der Waals surface area contributed by atoms with Gasteiger partial charge in [-0.2, -0.15) is 0 Å². The average molecular weight is 324 g/mol. The van der Waals surface area contributed by atoms with Crippen LogP contribution in [0.2, 0.25) is 0 Å². The summed E-state index contributed by atoms with van der Waals surface area (Å²) >= 11 is 3.22. The van der Waals surface area contributed by atoms with Gasteiger partial charge in [-0.3, -0.25) is 0 Å². The van der Waals surface area contributed by atoms with Gasteiger partial charge < -0.3 is 14.6 Å². The van der Waals surface area contributed by atoms with E-state index in [2.05, 4.69) is 20.9 Å². The summed E-state index contributed by atoms with van der Waals surface area (Å²) < 4.78 is 11.3. The molecular weight excluding hydrogens is 314 g/mol. The normalized spacial score (nSPS) is 10.0. The van der Waals surface area contributed by atoms with Gasteiger partial charge in [0.05, 0.1) is 7.11 Å². The molecule has 0 fully saturated rings. The van der Waals surface area contributed by atoms with E-state index < -0.39 is 5.97 Å². The number of nitrogens with zero attached hydrogens (tertiary/aromatic N) is 1. The molecule has 0 radical (unpaired) electrons. The molecule has 1 N–H and O–H groups in total. The Bertz CT molecular complexity index is 615. The summed E-state index contributed by atoms with van der Waals surface area (Å²) in [5.74, 6) is -0.226. The van der Waals surface area contributed by atoms with Crippen LogP contribution in [-0.4, -0.2) is 23.2 Å². The molecule has 0 aliphatic heterocycles. The van der Waals surface area contributed by atoms with E-state index in [0.717, 1.165) is 0 Å². The zero-order valence-electron chi connectivity index (χ0n) is 9.96. The average Bonchev–Trinajstić information content (AvgIpc) is 2.41. The first-order valence-corrected chi connectivity index (χ1v) is 6.11. The molecule has 0 spiro atoms. The summed E-state index contributed by atoms with van der Waals surface area (Å²) in [6.07, 6.45) is 1.54. The van der Waals surface area contributed by atoms with Crippen molar-refractivity contribution in [2.45, 2.75) is 0 Å². The number of hydrogen-bond donors (Lipinski definition) is 1. The Labute approximate surface area is 117 Å². The third-order valence-corrected chi connectivity index (χ3v) is 2.83. The molecular formula is C13H10BrNO4. The zero-order chi connectivity index (χ0) is 13.8. The number of benzene rings is 1. The monoisotopic (exact) mass is 323 g/mol. The number of ether oxygens (including phenoxy) is 2. The van der Waals surface area contributed by atoms with E-state index in [-0.39, 0.29) is 17.2 Å². The molecule has 0 aliphatic rings. The highest BCUT2D eigenvalue weighted by molar-refractivity contribution is 9.10. The molecule has 1 aromatic heterocycles. The standard InChI is InChI=1S/C13H10BrNO4/c1-18-11-3-2-6-15-12(11)19-10-5-4-8(14)7-9(10)13(16)17/h2-7H,1H3,(H,16,17). The minimum Gasteiger partial charge on any atom is -0.491 e. The van der Waals surface area contributed by atoms with Crippen LogP contribution in [0.5, 0.6) is 17.4 Å². The number of aromatic nitrogens is 1. The third kappa shape index (κ3) is 3.03. The predicted octanol–water partition coefficient (Wildman–Crippen LogP) is 3.34. The largest absolute Gasteiger partial charge is 0.491 e. The van der Waals surface area contributed by atoms with Gasteiger partial charge >= 0.3 is 5.97 Å². The van der Waals surface area contributed by atoms with E-state index >= 15 is 0 Å². The van der Waals surface area contributed by atoms with Gasteiger partial charge in [-0.1, -0.05) is 15.9 Å². The number of carboxylic acids is 1. The second-order valence-electron chi connectivity index (χ2n) is 3.56. The van der Waals surface area contributed by atoms with Crippen LogP contribution in [0.3, 0.4) is 0 Å². The van der Waals surface area contributed by atoms with Crippen LogP contribution in [0.4, 0.5) is 0 Å². The van der Waals surface area contributed by atoms with Crippen molar-refractivity contribution in [3.05, 3.63) is 46.6 Å². The fourth-order valence-electron chi connectivity index (χ4n) is 1.47. The van der Waals surface area contributed by atoms with Crippen LogP contribution in [-0.2, 0) is 0 Å². The predicted molar refractivity (Wildman–Crippen MR) is 72.0 cm³/mol. The number of methoxy groups -OCH3 is 1. The molecule has 0 amide bonds. The molecule has 0 saturated heterocycles. The van der Waals surface area contributed by atoms with Crippen molar-refractivity contribution in [2.24, 2.45) is 0 Å². The van der Waals surface area contributed by atoms with Gasteiger partial charge in [-0.15, -0.1) is 0 Å². The number of pyridine rings is 1. The number of carbonyl (C=O) groups is 1. The quantitative estimate of drug-likeness (QED) is 0.934. The first-order valence-electron chi connectivity index (χ1n) is 5.31. The van der Waals surface area contributed by atoms with E-state index in [4.69, 9.17) is 14.6 Å². The van der Waals surface area contributed by atoms with E-state index in [0.29, 0.717) is 10.2 Å². The Kier molecular flexibility index (Phi) is 4.01. The first kappa shape index (κ1) is 13.4. The van der Waals surface area contributed by atoms with Gasteiger partial charge in [-0.05, 0) is 30.3 Å². The van der Waals surface area contributed by atoms with Crippen LogP contribution in [0.1, 0.15) is 10.4 Å². The van der Waals surface area contributed by atoms with Crippen molar-refractivity contribution in [1.82, 2.24) is 4.98 Å². The smallest absolute Gasteiger partial charge is 0.339 e. The van der Waals surface area contributed by atoms with Crippen molar-refractivity contribution in [1.29, 1.82) is 0 Å². The summed E-state index contributed by atoms with van der Waals surface area (Å²) in [4.78, 5) is 15.2. The third-order valence-electron chi connectivity index (χ3n) is 2.33. The lowest BCUT2D eigenvalue weighted by molar-refractivity contribution is 0.0694. The number of hydrogen-bond acceptors (Lipinski definition) is 4. The number of halogens is 1. The van der Waals surface area contributed by atoms with Crippen molar-refractivity contribution in [3.8, 4) is 17.4 Å². The van der Waals surface area contributed by atoms with Crippen molar-refractivity contribution in [3.63, 3.8) is 0 Å². The molecule has 2 rings (SSSR count). The number of carboxylic acid groups (broad SMARTS) is 1. The highest BCUT2D eigenvalue weighted by atomic mass is 79.9. The minimum absolute atomic E-state index is 0.0436. The summed E-state index contributed by atoms with van der Waals surface area (Å²) in [7, 11) is 1.49. The molecule has 0 unspecified atom stereocenters. The second-order valence-corrected chi connectivity index (χ2v) is 4.47. The molecule has 0 atom stereocenters. The van der Waals surface area contributed by atoms with Crippen molar-refractivity contribution < 1.29 is 19.4 Å². The Morgan fingerprint density at radius 2 is 2.11 bits per heavy atom. The van der Waals surface area contributed by atoms with Crippen LogP contribution in [0.25, 0.3) is 0 Å². The molecule has 1 aromatic carbocycles. The molecule has 98 valence electrons. The molecule has 0 aliphatic carbocycles. The van der Waals surface area contributed by atoms with E-state index in [1.54, 1.807) is 24.3 Å². The molecule has 0 saturated carbocycles. The van der Waals surface area contributed by atoms with Crippen molar-refractivity contribution >= 4 is 21.9 Å². The van der Waals surface area contributed by atoms with E-state index in [1.165, 1.54) is 19.4 Å². The molecule has 6 heteroatoms. The summed E-state index contributed by atoms with van der Waals surface area (Å²) in [5, 5.41) is 9.14. The SMILES string of the molecule is COc1cccnc1Oc1ccc(Br)cc1C(=O)O. The van der Waals surface area contributed by atoms with E-state index in [9.17, 15) is 4.79 Å². The molecule has 1 heterocycles. The molecule has 0 bridgehead atoms. The number of aromatic carboxylic acids is 1. The molecule has 19 heavy (non-hydrogen) atoms. The Balaban J connectivity index is 2.41. The highest BCUT2D eigenvalue weighted by Gasteiger charge is 2.15. The first-order chi connectivity index (χ1) is 9.11. The van der Waals surface area contributed by atoms with Crippen molar-refractivity contribution in [2.75, 3.05) is 7.11 Å². The lowest BCUT2D eigenvalue weighted by Gasteiger charge is -2.10. The summed E-state index contributed by atoms with van der Waals surface area (Å²) in [6, 6.07) is 8.10. The second kappa shape index (κ2) is 5.71. The maximum Gasteiger partial charge on any atom is 0.339 e. The Morgan fingerprint density at radius 3 is 2.79 bits per heavy atom. The molecule has 2 aromatic rings. The minimum atomic E-state index is -1.08. The Morgan fingerprint density at radius 1 is 1.32 bits per heavy atom. The maximum absolute atomic E-state index is 11.2. The highest BCUT2D eigenvalue weighted by Crippen LogP contribution is 2.31. The molecule has 5 nitrogen and oxygen atoms in total. The van der Waals surface area contributed by atoms with Gasteiger partial charge in [0.25, 0.3) is 5.88 Å². The van der Waals surface area contributed by atoms with Crippen LogP contribution in [0.15, 0.2) is 41.0 Å². The maximum atomic E-state index is 11.2. The zero-order valence-corrected chi connectivity index (χ0v) is 11.5. The summed E-state index contributed by atoms with van der Waals surface area (Å²) in [6.45, 7) is 0. The lowest BCUT2D eigenvalue weighted by Crippen LogP contribution is -2.01. The fourth-order valence-corrected chi connectivity index (χ4v) is 1.83. The van der Waals surface area contributed by atoms with Gasteiger partial charge in [0.15, 0.2) is 5.75 Å². The van der Waals surface area contributed by atoms with Gasteiger partial charge in [0.1, 0.15) is 11.3 Å². The van der Waals surface area contributed by atoms with Crippen LogP contribution < -0.4 is 9.47 Å². The Hall–Kier alpha value is -2.08. The lowest BCUT2D eigenvalue weighted by atomic mass is 10.2. The van der Waals surface area contributed by atoms with E-state index in [1.807, 2.05) is 0 Å².